The lowest BCUT2D eigenvalue weighted by molar-refractivity contribution is 0.0633. The van der Waals surface area contributed by atoms with E-state index in [9.17, 15) is 19.5 Å². The minimum atomic E-state index is -1.10. The lowest BCUT2D eigenvalue weighted by Crippen LogP contribution is -2.29. The number of ether oxygens (including phenoxy) is 1. The van der Waals surface area contributed by atoms with Gasteiger partial charge in [-0.25, -0.2) is 19.1 Å². The maximum atomic E-state index is 13.1. The summed E-state index contributed by atoms with van der Waals surface area (Å²) in [7, 11) is 0. The number of hydrogen-bond donors (Lipinski definition) is 3. The van der Waals surface area contributed by atoms with Crippen LogP contribution in [-0.2, 0) is 11.3 Å². The number of rotatable bonds is 5. The van der Waals surface area contributed by atoms with E-state index >= 15 is 0 Å². The van der Waals surface area contributed by atoms with E-state index in [1.165, 1.54) is 16.8 Å². The summed E-state index contributed by atoms with van der Waals surface area (Å²) in [5.74, 6) is -1.31. The highest BCUT2D eigenvalue weighted by Gasteiger charge is 2.25. The fourth-order valence-electron chi connectivity index (χ4n) is 3.44. The smallest absolute Gasteiger partial charge is 0.413 e. The molecule has 3 aromatic heterocycles. The molecule has 11 nitrogen and oxygen atoms in total. The molecule has 176 valence electrons. The Balaban J connectivity index is 1.60. The second kappa shape index (κ2) is 8.50. The number of carboxylic acids is 1. The molecule has 0 aliphatic rings. The molecule has 0 aliphatic carbocycles. The van der Waals surface area contributed by atoms with Crippen LogP contribution in [-0.4, -0.2) is 43.3 Å². The first-order valence-electron chi connectivity index (χ1n) is 10.4. The molecule has 1 aromatic carbocycles. The Labute approximate surface area is 193 Å². The second-order valence-electron chi connectivity index (χ2n) is 8.67. The Morgan fingerprint density at radius 2 is 1.97 bits per heavy atom. The highest BCUT2D eigenvalue weighted by atomic mass is 16.6. The van der Waals surface area contributed by atoms with Gasteiger partial charge in [0.1, 0.15) is 28.1 Å². The first-order valence-corrected chi connectivity index (χ1v) is 10.4. The topological polar surface area (TPSA) is 148 Å². The van der Waals surface area contributed by atoms with E-state index in [1.54, 1.807) is 52.1 Å². The molecule has 11 heteroatoms. The number of anilines is 1. The summed E-state index contributed by atoms with van der Waals surface area (Å²) in [6, 6.07) is 6.63. The lowest BCUT2D eigenvalue weighted by Gasteiger charge is -2.19. The molecule has 0 saturated carbocycles. The van der Waals surface area contributed by atoms with Crippen molar-refractivity contribution in [1.82, 2.24) is 19.9 Å². The number of aromatic carboxylic acids is 1. The fourth-order valence-corrected chi connectivity index (χ4v) is 3.44. The number of carbonyl (C=O) groups is 3. The van der Waals surface area contributed by atoms with Gasteiger partial charge in [0, 0.05) is 17.8 Å². The van der Waals surface area contributed by atoms with Gasteiger partial charge in [0.25, 0.3) is 5.91 Å². The average Bonchev–Trinajstić information content (AvgIpc) is 3.30. The molecular weight excluding hydrogens is 442 g/mol. The Morgan fingerprint density at radius 1 is 1.21 bits per heavy atom. The number of carbonyl (C=O) groups excluding carboxylic acids is 2. The van der Waals surface area contributed by atoms with Crippen LogP contribution in [0, 0.1) is 6.92 Å². The maximum absolute atomic E-state index is 13.1. The van der Waals surface area contributed by atoms with Crippen molar-refractivity contribution in [1.29, 1.82) is 0 Å². The van der Waals surface area contributed by atoms with Gasteiger partial charge in [0.05, 0.1) is 6.54 Å². The van der Waals surface area contributed by atoms with E-state index in [-0.39, 0.29) is 34.7 Å². The van der Waals surface area contributed by atoms with Gasteiger partial charge >= 0.3 is 12.1 Å². The first-order chi connectivity index (χ1) is 16.0. The van der Waals surface area contributed by atoms with Crippen LogP contribution in [0.25, 0.3) is 16.6 Å². The summed E-state index contributed by atoms with van der Waals surface area (Å²) < 4.78 is 12.3. The maximum Gasteiger partial charge on any atom is 0.413 e. The highest BCUT2D eigenvalue weighted by Crippen LogP contribution is 2.26. The quantitative estimate of drug-likeness (QED) is 0.403. The first kappa shape index (κ1) is 22.8. The fraction of sp³-hybridized carbons (Fsp3) is 0.261. The van der Waals surface area contributed by atoms with E-state index in [4.69, 9.17) is 9.15 Å². The predicted octanol–water partition coefficient (Wildman–Crippen LogP) is 3.76. The molecule has 0 atom stereocenters. The monoisotopic (exact) mass is 465 g/mol. The van der Waals surface area contributed by atoms with Crippen LogP contribution in [0.5, 0.6) is 0 Å². The van der Waals surface area contributed by atoms with E-state index in [0.29, 0.717) is 11.1 Å². The van der Waals surface area contributed by atoms with Crippen LogP contribution < -0.4 is 10.6 Å². The van der Waals surface area contributed by atoms with Crippen molar-refractivity contribution in [2.45, 2.75) is 39.8 Å². The van der Waals surface area contributed by atoms with Gasteiger partial charge in [-0.15, -0.1) is 5.10 Å². The molecule has 4 aromatic rings. The van der Waals surface area contributed by atoms with E-state index in [2.05, 4.69) is 20.7 Å². The van der Waals surface area contributed by atoms with Crippen LogP contribution in [0.2, 0.25) is 0 Å². The second-order valence-corrected chi connectivity index (χ2v) is 8.67. The Hall–Kier alpha value is -4.41. The third-order valence-corrected chi connectivity index (χ3v) is 4.71. The highest BCUT2D eigenvalue weighted by molar-refractivity contribution is 6.07. The Bertz CT molecular complexity index is 1430. The van der Waals surface area contributed by atoms with Crippen molar-refractivity contribution in [3.63, 3.8) is 0 Å². The van der Waals surface area contributed by atoms with Crippen molar-refractivity contribution in [3.8, 4) is 0 Å². The van der Waals surface area contributed by atoms with Gasteiger partial charge < -0.3 is 19.6 Å². The lowest BCUT2D eigenvalue weighted by atomic mass is 10.1. The number of aromatic nitrogens is 3. The van der Waals surface area contributed by atoms with Gasteiger partial charge in [-0.1, -0.05) is 0 Å². The molecule has 3 heterocycles. The number of aryl methyl sites for hydroxylation is 1. The third-order valence-electron chi connectivity index (χ3n) is 4.71. The van der Waals surface area contributed by atoms with Gasteiger partial charge in [-0.2, -0.15) is 0 Å². The van der Waals surface area contributed by atoms with Crippen LogP contribution in [0.1, 0.15) is 52.8 Å². The van der Waals surface area contributed by atoms with Crippen molar-refractivity contribution < 1.29 is 28.6 Å². The number of nitrogens with zero attached hydrogens (tertiary/aromatic N) is 3. The number of benzene rings is 1. The normalized spacial score (nSPS) is 11.5. The molecule has 0 radical (unpaired) electrons. The zero-order valence-electron chi connectivity index (χ0n) is 19.0. The van der Waals surface area contributed by atoms with E-state index in [1.807, 2.05) is 0 Å². The zero-order chi connectivity index (χ0) is 24.6. The van der Waals surface area contributed by atoms with Gasteiger partial charge in [0.15, 0.2) is 11.5 Å². The summed E-state index contributed by atoms with van der Waals surface area (Å²) in [6.45, 7) is 6.92. The minimum absolute atomic E-state index is 0.0150. The Kier molecular flexibility index (Phi) is 5.70. The minimum Gasteiger partial charge on any atom is -0.478 e. The number of nitrogens with one attached hydrogen (secondary N) is 2. The summed E-state index contributed by atoms with van der Waals surface area (Å²) in [5.41, 5.74) is 0.592. The molecule has 0 unspecified atom stereocenters. The third kappa shape index (κ3) is 4.68. The SMILES string of the molecule is Cc1cc(C(=O)O)c2oc(CNC(=O)c3c(NC(=O)OC(C)(C)C)nn4cccnc34)cc2c1. The zero-order valence-corrected chi connectivity index (χ0v) is 19.0. The van der Waals surface area contributed by atoms with Gasteiger partial charge in [-0.05, 0) is 57.5 Å². The van der Waals surface area contributed by atoms with E-state index in [0.717, 1.165) is 5.56 Å². The molecule has 4 rings (SSSR count). The molecule has 0 saturated heterocycles. The predicted molar refractivity (Wildman–Crippen MR) is 122 cm³/mol. The number of carboxylic acid groups (broad SMARTS) is 1. The van der Waals surface area contributed by atoms with Crippen LogP contribution in [0.4, 0.5) is 10.6 Å². The number of furan rings is 1. The summed E-state index contributed by atoms with van der Waals surface area (Å²) in [4.78, 5) is 41.1. The number of fused-ring (bicyclic) bond motifs is 2. The molecule has 0 aliphatic heterocycles. The van der Waals surface area contributed by atoms with Crippen molar-refractivity contribution in [2.75, 3.05) is 5.32 Å². The van der Waals surface area contributed by atoms with Crippen LogP contribution >= 0.6 is 0 Å². The van der Waals surface area contributed by atoms with Crippen LogP contribution in [0.3, 0.4) is 0 Å². The molecule has 34 heavy (non-hydrogen) atoms. The molecule has 2 amide bonds. The average molecular weight is 465 g/mol. The van der Waals surface area contributed by atoms with E-state index < -0.39 is 23.6 Å². The summed E-state index contributed by atoms with van der Waals surface area (Å²) >= 11 is 0. The summed E-state index contributed by atoms with van der Waals surface area (Å²) in [5, 5.41) is 19.5. The van der Waals surface area contributed by atoms with Crippen molar-refractivity contribution in [3.05, 3.63) is 59.1 Å². The largest absolute Gasteiger partial charge is 0.478 e. The van der Waals surface area contributed by atoms with Gasteiger partial charge in [-0.3, -0.25) is 10.1 Å². The Morgan fingerprint density at radius 3 is 2.68 bits per heavy atom. The molecular formula is C23H23N5O6. The standard InChI is InChI=1S/C23H23N5O6/c1-12-8-13-10-14(33-17(13)15(9-12)21(30)31)11-25-20(29)16-18(26-22(32)34-23(2,3)4)27-28-7-5-6-24-19(16)28/h5-10H,11H2,1-4H3,(H,25,29)(H,30,31)(H,26,27,32). The van der Waals surface area contributed by atoms with Crippen molar-refractivity contribution in [2.24, 2.45) is 0 Å². The number of hydrogen-bond acceptors (Lipinski definition) is 7. The molecule has 0 bridgehead atoms. The van der Waals surface area contributed by atoms with Gasteiger partial charge in [0.2, 0.25) is 0 Å². The summed E-state index contributed by atoms with van der Waals surface area (Å²) in [6.07, 6.45) is 2.33. The molecule has 3 N–H and O–H groups in total. The molecule has 0 fully saturated rings. The van der Waals surface area contributed by atoms with Crippen LogP contribution in [0.15, 0.2) is 41.1 Å². The van der Waals surface area contributed by atoms with Crippen molar-refractivity contribution >= 4 is 40.4 Å². The number of amides is 2. The molecule has 0 spiro atoms.